The Hall–Kier alpha value is 0.327. The molecule has 3 N–H and O–H groups in total. The Morgan fingerprint density at radius 1 is 1.36 bits per heavy atom. The highest BCUT2D eigenvalue weighted by Gasteiger charge is 2.19. The predicted octanol–water partition coefficient (Wildman–Crippen LogP) is 0.752. The van der Waals surface area contributed by atoms with Crippen molar-refractivity contribution in [3.63, 3.8) is 0 Å². The molecule has 6 heteroatoms. The molecule has 0 saturated carbocycles. The fourth-order valence-corrected chi connectivity index (χ4v) is 2.63. The number of rotatable bonds is 4. The molecule has 0 aliphatic rings. The highest BCUT2D eigenvalue weighted by molar-refractivity contribution is 7.51. The zero-order valence-corrected chi connectivity index (χ0v) is 8.71. The van der Waals surface area contributed by atoms with Gasteiger partial charge in [0.25, 0.3) is 0 Å². The molecular formula is C5H15O4PSi. The average Bonchev–Trinajstić information content (AvgIpc) is 1.55. The standard InChI is InChI=1S/C5H15O4PSi/c1-11(2,9)5-3-4-10(6,7)8/h9H,3-5H2,1-2H3,(H2,6,7,8). The second-order valence-electron chi connectivity index (χ2n) is 3.30. The van der Waals surface area contributed by atoms with E-state index in [0.29, 0.717) is 12.5 Å². The monoisotopic (exact) mass is 198 g/mol. The molecule has 0 fully saturated rings. The van der Waals surface area contributed by atoms with Crippen LogP contribution in [0.25, 0.3) is 0 Å². The first-order valence-electron chi connectivity index (χ1n) is 3.48. The van der Waals surface area contributed by atoms with Crippen molar-refractivity contribution >= 4 is 15.9 Å². The van der Waals surface area contributed by atoms with Gasteiger partial charge in [-0.15, -0.1) is 0 Å². The van der Waals surface area contributed by atoms with Gasteiger partial charge in [0, 0.05) is 6.16 Å². The van der Waals surface area contributed by atoms with Gasteiger partial charge in [0.1, 0.15) is 0 Å². The molecule has 4 nitrogen and oxygen atoms in total. The van der Waals surface area contributed by atoms with Gasteiger partial charge in [-0.25, -0.2) is 0 Å². The van der Waals surface area contributed by atoms with E-state index in [9.17, 15) is 9.36 Å². The molecule has 0 heterocycles. The van der Waals surface area contributed by atoms with Gasteiger partial charge in [-0.1, -0.05) is 0 Å². The normalized spacial score (nSPS) is 13.5. The van der Waals surface area contributed by atoms with Crippen LogP contribution < -0.4 is 0 Å². The molecule has 0 unspecified atom stereocenters. The van der Waals surface area contributed by atoms with Crippen molar-refractivity contribution in [3.8, 4) is 0 Å². The minimum absolute atomic E-state index is 0.107. The van der Waals surface area contributed by atoms with Crippen LogP contribution in [0.2, 0.25) is 19.1 Å². The Morgan fingerprint density at radius 2 is 1.82 bits per heavy atom. The van der Waals surface area contributed by atoms with Crippen LogP contribution in [0.5, 0.6) is 0 Å². The molecule has 0 aliphatic heterocycles. The summed E-state index contributed by atoms with van der Waals surface area (Å²) >= 11 is 0. The lowest BCUT2D eigenvalue weighted by molar-refractivity contribution is 0.372. The molecule has 0 aromatic carbocycles. The van der Waals surface area contributed by atoms with Gasteiger partial charge in [-0.3, -0.25) is 4.57 Å². The second-order valence-corrected chi connectivity index (χ2v) is 9.21. The Labute approximate surface area is 67.5 Å². The zero-order chi connectivity index (χ0) is 9.12. The molecule has 68 valence electrons. The van der Waals surface area contributed by atoms with Crippen LogP contribution >= 0.6 is 7.60 Å². The van der Waals surface area contributed by atoms with Crippen molar-refractivity contribution in [1.82, 2.24) is 0 Å². The molecule has 0 aromatic rings. The summed E-state index contributed by atoms with van der Waals surface area (Å²) in [7, 11) is -5.94. The van der Waals surface area contributed by atoms with Crippen LogP contribution in [0.1, 0.15) is 6.42 Å². The van der Waals surface area contributed by atoms with Gasteiger partial charge in [0.05, 0.1) is 0 Å². The fraction of sp³-hybridized carbons (Fsp3) is 1.00. The van der Waals surface area contributed by atoms with Crippen LogP contribution in [0.3, 0.4) is 0 Å². The topological polar surface area (TPSA) is 77.8 Å². The van der Waals surface area contributed by atoms with E-state index >= 15 is 0 Å². The van der Waals surface area contributed by atoms with Crippen LogP contribution in [0.4, 0.5) is 0 Å². The maximum absolute atomic E-state index is 10.3. The fourth-order valence-electron chi connectivity index (χ4n) is 0.718. The summed E-state index contributed by atoms with van der Waals surface area (Å²) < 4.78 is 10.3. The van der Waals surface area contributed by atoms with E-state index in [1.807, 2.05) is 0 Å². The summed E-state index contributed by atoms with van der Waals surface area (Å²) in [4.78, 5) is 26.2. The molecular weight excluding hydrogens is 183 g/mol. The van der Waals surface area contributed by atoms with Crippen molar-refractivity contribution in [2.75, 3.05) is 6.16 Å². The zero-order valence-electron chi connectivity index (χ0n) is 6.82. The lowest BCUT2D eigenvalue weighted by Gasteiger charge is -2.13. The first kappa shape index (κ1) is 11.3. The summed E-state index contributed by atoms with van der Waals surface area (Å²) in [5.74, 6) is 0. The Balaban J connectivity index is 3.52. The molecule has 0 atom stereocenters. The van der Waals surface area contributed by atoms with E-state index in [1.54, 1.807) is 13.1 Å². The number of hydrogen-bond acceptors (Lipinski definition) is 2. The third kappa shape index (κ3) is 10.3. The number of hydrogen-bond donors (Lipinski definition) is 3. The van der Waals surface area contributed by atoms with Crippen molar-refractivity contribution in [2.45, 2.75) is 25.6 Å². The molecule has 0 spiro atoms. The van der Waals surface area contributed by atoms with E-state index in [4.69, 9.17) is 9.79 Å². The Morgan fingerprint density at radius 3 is 2.09 bits per heavy atom. The third-order valence-corrected chi connectivity index (χ3v) is 3.71. The van der Waals surface area contributed by atoms with E-state index in [2.05, 4.69) is 0 Å². The summed E-state index contributed by atoms with van der Waals surface area (Å²) in [5, 5.41) is 0. The maximum Gasteiger partial charge on any atom is 0.325 e. The molecule has 0 amide bonds. The van der Waals surface area contributed by atoms with Gasteiger partial charge in [-0.05, 0) is 25.6 Å². The first-order chi connectivity index (χ1) is 4.71. The molecule has 0 radical (unpaired) electrons. The molecule has 0 bridgehead atoms. The van der Waals surface area contributed by atoms with Crippen molar-refractivity contribution in [2.24, 2.45) is 0 Å². The highest BCUT2D eigenvalue weighted by atomic mass is 31.2. The van der Waals surface area contributed by atoms with E-state index in [-0.39, 0.29) is 6.16 Å². The SMILES string of the molecule is C[Si](C)(O)CCCP(=O)(O)O. The van der Waals surface area contributed by atoms with Crippen molar-refractivity contribution in [3.05, 3.63) is 0 Å². The lowest BCUT2D eigenvalue weighted by Crippen LogP contribution is -2.24. The van der Waals surface area contributed by atoms with Crippen LogP contribution in [0, 0.1) is 0 Å². The van der Waals surface area contributed by atoms with Crippen molar-refractivity contribution < 1.29 is 19.1 Å². The summed E-state index contributed by atoms with van der Waals surface area (Å²) in [6, 6.07) is 0.554. The molecule has 0 rings (SSSR count). The Bertz CT molecular complexity index is 158. The van der Waals surface area contributed by atoms with Crippen LogP contribution in [-0.2, 0) is 4.57 Å². The average molecular weight is 198 g/mol. The smallest absolute Gasteiger partial charge is 0.325 e. The van der Waals surface area contributed by atoms with Gasteiger partial charge in [-0.2, -0.15) is 0 Å². The van der Waals surface area contributed by atoms with Gasteiger partial charge in [0.2, 0.25) is 0 Å². The minimum atomic E-state index is -3.84. The first-order valence-corrected chi connectivity index (χ1v) is 8.43. The summed E-state index contributed by atoms with van der Waals surface area (Å²) in [5.41, 5.74) is 0. The maximum atomic E-state index is 10.3. The van der Waals surface area contributed by atoms with Gasteiger partial charge < -0.3 is 14.6 Å². The Kier molecular flexibility index (Phi) is 3.94. The van der Waals surface area contributed by atoms with Crippen LogP contribution in [-0.4, -0.2) is 29.1 Å². The summed E-state index contributed by atoms with van der Waals surface area (Å²) in [6.07, 6.45) is 0.310. The summed E-state index contributed by atoms with van der Waals surface area (Å²) in [6.45, 7) is 3.51. The van der Waals surface area contributed by atoms with Crippen LogP contribution in [0.15, 0.2) is 0 Å². The third-order valence-electron chi connectivity index (χ3n) is 1.24. The quantitative estimate of drug-likeness (QED) is 0.460. The van der Waals surface area contributed by atoms with E-state index < -0.39 is 15.9 Å². The molecule has 0 aromatic heterocycles. The molecule has 11 heavy (non-hydrogen) atoms. The lowest BCUT2D eigenvalue weighted by atomic mass is 10.6. The van der Waals surface area contributed by atoms with Crippen molar-refractivity contribution in [1.29, 1.82) is 0 Å². The second kappa shape index (κ2) is 3.82. The largest absolute Gasteiger partial charge is 0.432 e. The predicted molar refractivity (Wildman–Crippen MR) is 46.0 cm³/mol. The van der Waals surface area contributed by atoms with E-state index in [1.165, 1.54) is 0 Å². The minimum Gasteiger partial charge on any atom is -0.432 e. The highest BCUT2D eigenvalue weighted by Crippen LogP contribution is 2.35. The van der Waals surface area contributed by atoms with Gasteiger partial charge in [0.15, 0.2) is 8.32 Å². The molecule has 0 saturated heterocycles. The molecule has 0 aliphatic carbocycles. The van der Waals surface area contributed by atoms with E-state index in [0.717, 1.165) is 0 Å². The van der Waals surface area contributed by atoms with Gasteiger partial charge >= 0.3 is 7.60 Å².